The lowest BCUT2D eigenvalue weighted by Crippen LogP contribution is -2.51. The van der Waals surface area contributed by atoms with Crippen LogP contribution in [0.2, 0.25) is 0 Å². The number of benzene rings is 1. The zero-order valence-electron chi connectivity index (χ0n) is 11.0. The second-order valence-corrected chi connectivity index (χ2v) is 4.79. The molecule has 0 heterocycles. The van der Waals surface area contributed by atoms with Crippen LogP contribution in [0.3, 0.4) is 0 Å². The molecular formula is C15H21NO2. The van der Waals surface area contributed by atoms with Crippen molar-refractivity contribution in [2.75, 3.05) is 0 Å². The van der Waals surface area contributed by atoms with Crippen molar-refractivity contribution in [3.05, 3.63) is 48.6 Å². The number of amides is 1. The van der Waals surface area contributed by atoms with E-state index in [0.717, 1.165) is 5.56 Å². The standard InChI is InChI=1S/C15H21NO2/c1-4-10-15(3,18)14(16-12(2)17)11-13-8-6-5-7-9-13/h4-9,14,18H,1,10-11H2,2-3H3,(H,16,17)/t14-,15-/m0/s1. The Morgan fingerprint density at radius 2 is 2.11 bits per heavy atom. The monoisotopic (exact) mass is 247 g/mol. The first-order valence-electron chi connectivity index (χ1n) is 6.10. The minimum Gasteiger partial charge on any atom is -0.388 e. The molecule has 3 heteroatoms. The molecule has 2 N–H and O–H groups in total. The minimum atomic E-state index is -0.997. The van der Waals surface area contributed by atoms with E-state index in [2.05, 4.69) is 11.9 Å². The molecule has 0 fully saturated rings. The third-order valence-corrected chi connectivity index (χ3v) is 2.97. The molecule has 0 aromatic heterocycles. The molecule has 3 nitrogen and oxygen atoms in total. The van der Waals surface area contributed by atoms with Crippen LogP contribution >= 0.6 is 0 Å². The van der Waals surface area contributed by atoms with Gasteiger partial charge in [0.15, 0.2) is 0 Å². The molecular weight excluding hydrogens is 226 g/mol. The van der Waals surface area contributed by atoms with Gasteiger partial charge in [0.2, 0.25) is 5.91 Å². The van der Waals surface area contributed by atoms with Gasteiger partial charge in [-0.25, -0.2) is 0 Å². The van der Waals surface area contributed by atoms with Gasteiger partial charge >= 0.3 is 0 Å². The first kappa shape index (κ1) is 14.5. The van der Waals surface area contributed by atoms with Crippen molar-refractivity contribution in [1.29, 1.82) is 0 Å². The van der Waals surface area contributed by atoms with Crippen LogP contribution in [0.4, 0.5) is 0 Å². The molecule has 0 spiro atoms. The predicted molar refractivity (Wildman–Crippen MR) is 73.2 cm³/mol. The van der Waals surface area contributed by atoms with Crippen LogP contribution in [0.25, 0.3) is 0 Å². The highest BCUT2D eigenvalue weighted by molar-refractivity contribution is 5.73. The second kappa shape index (κ2) is 6.36. The van der Waals surface area contributed by atoms with Crippen molar-refractivity contribution >= 4 is 5.91 Å². The zero-order valence-corrected chi connectivity index (χ0v) is 11.0. The van der Waals surface area contributed by atoms with E-state index in [4.69, 9.17) is 0 Å². The van der Waals surface area contributed by atoms with Gasteiger partial charge in [0.25, 0.3) is 0 Å². The summed E-state index contributed by atoms with van der Waals surface area (Å²) in [5.74, 6) is -0.139. The molecule has 18 heavy (non-hydrogen) atoms. The Balaban J connectivity index is 2.84. The van der Waals surface area contributed by atoms with E-state index < -0.39 is 5.60 Å². The summed E-state index contributed by atoms with van der Waals surface area (Å²) in [6.45, 7) is 6.82. The lowest BCUT2D eigenvalue weighted by atomic mass is 9.88. The SMILES string of the molecule is C=CC[C@](C)(O)[C@H](Cc1ccccc1)NC(C)=O. The topological polar surface area (TPSA) is 49.3 Å². The Morgan fingerprint density at radius 1 is 1.50 bits per heavy atom. The molecule has 0 unspecified atom stereocenters. The van der Waals surface area contributed by atoms with Crippen LogP contribution in [0.1, 0.15) is 25.8 Å². The van der Waals surface area contributed by atoms with Gasteiger partial charge < -0.3 is 10.4 Å². The molecule has 0 saturated heterocycles. The fourth-order valence-corrected chi connectivity index (χ4v) is 1.96. The quantitative estimate of drug-likeness (QED) is 0.756. The zero-order chi connectivity index (χ0) is 13.6. The van der Waals surface area contributed by atoms with Crippen LogP contribution < -0.4 is 5.32 Å². The Labute approximate surface area is 109 Å². The Hall–Kier alpha value is -1.61. The van der Waals surface area contributed by atoms with Gasteiger partial charge in [0.05, 0.1) is 11.6 Å². The molecule has 2 atom stereocenters. The van der Waals surface area contributed by atoms with Crippen molar-refractivity contribution in [3.63, 3.8) is 0 Å². The molecule has 0 aliphatic carbocycles. The molecule has 1 aromatic carbocycles. The van der Waals surface area contributed by atoms with E-state index in [-0.39, 0.29) is 11.9 Å². The number of hydrogen-bond donors (Lipinski definition) is 2. The highest BCUT2D eigenvalue weighted by atomic mass is 16.3. The van der Waals surface area contributed by atoms with Gasteiger partial charge in [-0.05, 0) is 25.3 Å². The minimum absolute atomic E-state index is 0.139. The van der Waals surface area contributed by atoms with E-state index >= 15 is 0 Å². The predicted octanol–water partition coefficient (Wildman–Crippen LogP) is 2.06. The van der Waals surface area contributed by atoms with Crippen molar-refractivity contribution in [3.8, 4) is 0 Å². The lowest BCUT2D eigenvalue weighted by Gasteiger charge is -2.32. The van der Waals surface area contributed by atoms with E-state index in [9.17, 15) is 9.90 Å². The highest BCUT2D eigenvalue weighted by Gasteiger charge is 2.31. The molecule has 0 aliphatic heterocycles. The Bertz CT molecular complexity index is 398. The van der Waals surface area contributed by atoms with Crippen molar-refractivity contribution in [1.82, 2.24) is 5.32 Å². The Kier molecular flexibility index (Phi) is 5.10. The van der Waals surface area contributed by atoms with E-state index in [1.165, 1.54) is 6.92 Å². The fourth-order valence-electron chi connectivity index (χ4n) is 1.96. The normalized spacial score (nSPS) is 15.5. The summed E-state index contributed by atoms with van der Waals surface area (Å²) in [4.78, 5) is 11.2. The summed E-state index contributed by atoms with van der Waals surface area (Å²) >= 11 is 0. The first-order chi connectivity index (χ1) is 8.45. The molecule has 0 saturated carbocycles. The summed E-state index contributed by atoms with van der Waals surface area (Å²) in [5, 5.41) is 13.2. The largest absolute Gasteiger partial charge is 0.388 e. The van der Waals surface area contributed by atoms with Gasteiger partial charge in [-0.15, -0.1) is 6.58 Å². The average molecular weight is 247 g/mol. The summed E-state index contributed by atoms with van der Waals surface area (Å²) in [6, 6.07) is 9.48. The maximum Gasteiger partial charge on any atom is 0.217 e. The number of carbonyl (C=O) groups is 1. The maximum absolute atomic E-state index is 11.2. The third kappa shape index (κ3) is 4.34. The van der Waals surface area contributed by atoms with Gasteiger partial charge in [0.1, 0.15) is 0 Å². The van der Waals surface area contributed by atoms with Gasteiger partial charge in [-0.2, -0.15) is 0 Å². The summed E-state index contributed by atoms with van der Waals surface area (Å²) in [5.41, 5.74) is 0.0871. The molecule has 0 radical (unpaired) electrons. The van der Waals surface area contributed by atoms with Crippen molar-refractivity contribution in [2.24, 2.45) is 0 Å². The van der Waals surface area contributed by atoms with Crippen LogP contribution in [0.15, 0.2) is 43.0 Å². The lowest BCUT2D eigenvalue weighted by molar-refractivity contribution is -0.121. The highest BCUT2D eigenvalue weighted by Crippen LogP contribution is 2.19. The number of carbonyl (C=O) groups excluding carboxylic acids is 1. The van der Waals surface area contributed by atoms with Crippen molar-refractivity contribution < 1.29 is 9.90 Å². The molecule has 0 bridgehead atoms. The second-order valence-electron chi connectivity index (χ2n) is 4.79. The number of hydrogen-bond acceptors (Lipinski definition) is 2. The van der Waals surface area contributed by atoms with Gasteiger partial charge in [-0.3, -0.25) is 4.79 Å². The maximum atomic E-state index is 11.2. The van der Waals surface area contributed by atoms with E-state index in [1.807, 2.05) is 30.3 Å². The van der Waals surface area contributed by atoms with Gasteiger partial charge in [0, 0.05) is 6.92 Å². The summed E-state index contributed by atoms with van der Waals surface area (Å²) in [7, 11) is 0. The van der Waals surface area contributed by atoms with Gasteiger partial charge in [-0.1, -0.05) is 36.4 Å². The molecule has 1 rings (SSSR count). The van der Waals surface area contributed by atoms with Crippen LogP contribution in [0, 0.1) is 0 Å². The molecule has 1 amide bonds. The average Bonchev–Trinajstić information content (AvgIpc) is 2.29. The van der Waals surface area contributed by atoms with E-state index in [0.29, 0.717) is 12.8 Å². The smallest absolute Gasteiger partial charge is 0.217 e. The summed E-state index contributed by atoms with van der Waals surface area (Å²) < 4.78 is 0. The van der Waals surface area contributed by atoms with Crippen LogP contribution in [-0.4, -0.2) is 22.7 Å². The van der Waals surface area contributed by atoms with Crippen LogP contribution in [-0.2, 0) is 11.2 Å². The number of rotatable bonds is 6. The fraction of sp³-hybridized carbons (Fsp3) is 0.400. The molecule has 1 aromatic rings. The molecule has 98 valence electrons. The first-order valence-corrected chi connectivity index (χ1v) is 6.10. The van der Waals surface area contributed by atoms with Crippen LogP contribution in [0.5, 0.6) is 0 Å². The summed E-state index contributed by atoms with van der Waals surface area (Å²) in [6.07, 6.45) is 2.70. The van der Waals surface area contributed by atoms with Crippen molar-refractivity contribution in [2.45, 2.75) is 38.3 Å². The molecule has 0 aliphatic rings. The third-order valence-electron chi connectivity index (χ3n) is 2.97. The number of nitrogens with one attached hydrogen (secondary N) is 1. The Morgan fingerprint density at radius 3 is 2.61 bits per heavy atom. The number of aliphatic hydroxyl groups is 1. The van der Waals surface area contributed by atoms with E-state index in [1.54, 1.807) is 13.0 Å².